The number of aryl methyl sites for hydroxylation is 1. The highest BCUT2D eigenvalue weighted by Gasteiger charge is 2.23. The zero-order valence-corrected chi connectivity index (χ0v) is 21.7. The van der Waals surface area contributed by atoms with E-state index in [1.165, 1.54) is 24.9 Å². The molecule has 1 saturated heterocycles. The molecule has 0 unspecified atom stereocenters. The van der Waals surface area contributed by atoms with E-state index < -0.39 is 0 Å². The van der Waals surface area contributed by atoms with E-state index in [0.29, 0.717) is 24.5 Å². The Hall–Kier alpha value is -2.94. The van der Waals surface area contributed by atoms with Crippen LogP contribution in [-0.4, -0.2) is 68.8 Å². The molecular weight excluding hydrogens is 440 g/mol. The molecule has 4 rings (SSSR count). The third-order valence-electron chi connectivity index (χ3n) is 6.99. The summed E-state index contributed by atoms with van der Waals surface area (Å²) in [6.45, 7) is 15.0. The molecule has 190 valence electrons. The van der Waals surface area contributed by atoms with Crippen molar-refractivity contribution in [1.29, 1.82) is 0 Å². The number of anilines is 2. The van der Waals surface area contributed by atoms with Crippen molar-refractivity contribution in [3.8, 4) is 6.01 Å². The van der Waals surface area contributed by atoms with Crippen molar-refractivity contribution < 1.29 is 4.74 Å². The molecule has 9 nitrogen and oxygen atoms in total. The first-order valence-electron chi connectivity index (χ1n) is 13.1. The summed E-state index contributed by atoms with van der Waals surface area (Å²) in [5, 5.41) is 4.53. The Morgan fingerprint density at radius 1 is 1.11 bits per heavy atom. The van der Waals surface area contributed by atoms with Crippen LogP contribution >= 0.6 is 0 Å². The predicted molar refractivity (Wildman–Crippen MR) is 140 cm³/mol. The maximum Gasteiger partial charge on any atom is 0.336 e. The Morgan fingerprint density at radius 3 is 2.57 bits per heavy atom. The number of unbranched alkanes of at least 4 members (excludes halogenated alkanes) is 1. The maximum absolute atomic E-state index is 6.11. The smallest absolute Gasteiger partial charge is 0.336 e. The van der Waals surface area contributed by atoms with E-state index in [1.807, 2.05) is 6.20 Å². The van der Waals surface area contributed by atoms with E-state index in [-0.39, 0.29) is 6.01 Å². The zero-order valence-electron chi connectivity index (χ0n) is 21.7. The topological polar surface area (TPSA) is 97.7 Å². The second-order valence-corrected chi connectivity index (χ2v) is 9.54. The molecule has 2 N–H and O–H groups in total. The average Bonchev–Trinajstić information content (AvgIpc) is 3.26. The van der Waals surface area contributed by atoms with E-state index >= 15 is 0 Å². The lowest BCUT2D eigenvalue weighted by atomic mass is 9.95. The summed E-state index contributed by atoms with van der Waals surface area (Å²) < 4.78 is 7.43. The first kappa shape index (κ1) is 25.2. The van der Waals surface area contributed by atoms with E-state index in [4.69, 9.17) is 15.5 Å². The molecular formula is C26H40N8O. The van der Waals surface area contributed by atoms with Gasteiger partial charge in [0, 0.05) is 32.3 Å². The van der Waals surface area contributed by atoms with Gasteiger partial charge in [0.05, 0.1) is 18.5 Å². The number of pyridine rings is 1. The molecule has 1 aliphatic rings. The lowest BCUT2D eigenvalue weighted by Gasteiger charge is -2.35. The highest BCUT2D eigenvalue weighted by molar-refractivity contribution is 5.60. The lowest BCUT2D eigenvalue weighted by molar-refractivity contribution is 0.229. The van der Waals surface area contributed by atoms with Gasteiger partial charge in [-0.25, -0.2) is 14.5 Å². The quantitative estimate of drug-likeness (QED) is 0.415. The minimum Gasteiger partial charge on any atom is -0.462 e. The van der Waals surface area contributed by atoms with Crippen molar-refractivity contribution in [1.82, 2.24) is 29.5 Å². The van der Waals surface area contributed by atoms with E-state index in [1.54, 1.807) is 10.7 Å². The molecule has 1 fully saturated rings. The molecule has 1 aliphatic heterocycles. The van der Waals surface area contributed by atoms with Gasteiger partial charge in [-0.05, 0) is 56.3 Å². The van der Waals surface area contributed by atoms with Crippen LogP contribution in [-0.2, 0) is 6.42 Å². The molecule has 0 aliphatic carbocycles. The van der Waals surface area contributed by atoms with Gasteiger partial charge in [-0.3, -0.25) is 0 Å². The zero-order chi connectivity index (χ0) is 24.8. The molecule has 3 aromatic heterocycles. The highest BCUT2D eigenvalue weighted by atomic mass is 16.5. The van der Waals surface area contributed by atoms with Crippen LogP contribution in [0.3, 0.4) is 0 Å². The highest BCUT2D eigenvalue weighted by Crippen LogP contribution is 2.26. The number of nitrogens with two attached hydrogens (primary N) is 1. The number of nitrogens with zero attached hydrogens (tertiary/aromatic N) is 7. The first-order chi connectivity index (χ1) is 17.0. The van der Waals surface area contributed by atoms with Crippen LogP contribution < -0.4 is 15.4 Å². The van der Waals surface area contributed by atoms with Gasteiger partial charge in [0.1, 0.15) is 5.82 Å². The Balaban J connectivity index is 1.43. The number of aromatic nitrogens is 5. The van der Waals surface area contributed by atoms with Crippen LogP contribution in [0, 0.1) is 12.8 Å². The van der Waals surface area contributed by atoms with Crippen LogP contribution in [0.15, 0.2) is 18.5 Å². The summed E-state index contributed by atoms with van der Waals surface area (Å²) in [4.78, 5) is 18.5. The fourth-order valence-corrected chi connectivity index (χ4v) is 4.85. The van der Waals surface area contributed by atoms with Crippen LogP contribution in [0.2, 0.25) is 0 Å². The molecule has 0 aromatic carbocycles. The van der Waals surface area contributed by atoms with Crippen LogP contribution in [0.5, 0.6) is 6.01 Å². The lowest BCUT2D eigenvalue weighted by Crippen LogP contribution is -2.39. The van der Waals surface area contributed by atoms with E-state index in [0.717, 1.165) is 62.0 Å². The van der Waals surface area contributed by atoms with Gasteiger partial charge in [-0.15, -0.1) is 5.10 Å². The van der Waals surface area contributed by atoms with Crippen molar-refractivity contribution in [3.05, 3.63) is 35.3 Å². The Morgan fingerprint density at radius 2 is 1.89 bits per heavy atom. The first-order valence-corrected chi connectivity index (χ1v) is 13.1. The number of imidazole rings is 1. The van der Waals surface area contributed by atoms with Crippen molar-refractivity contribution >= 4 is 17.3 Å². The summed E-state index contributed by atoms with van der Waals surface area (Å²) >= 11 is 0. The number of fused-ring (bicyclic) bond motifs is 1. The second-order valence-electron chi connectivity index (χ2n) is 9.54. The Kier molecular flexibility index (Phi) is 8.38. The maximum atomic E-state index is 6.11. The average molecular weight is 481 g/mol. The number of ether oxygens (including phenoxy) is 1. The predicted octanol–water partition coefficient (Wildman–Crippen LogP) is 3.74. The fourth-order valence-electron chi connectivity index (χ4n) is 4.85. The standard InChI is InChI=1S/C26H40N8O/c1-5-8-13-35-26-30-23(27)25-29-17-22(34(25)31-26)15-21-14-19(4)24(28-16-21)33-11-9-20(10-12-33)18-32(6-2)7-3/h14,16-17,20H,5-13,15,18H2,1-4H3,(H2,27,30,31). The molecule has 0 atom stereocenters. The largest absolute Gasteiger partial charge is 0.462 e. The van der Waals surface area contributed by atoms with Gasteiger partial charge in [0.25, 0.3) is 0 Å². The Bertz CT molecular complexity index is 1100. The molecule has 3 aromatic rings. The normalized spacial score (nSPS) is 14.8. The Labute approximate surface area is 208 Å². The third-order valence-corrected chi connectivity index (χ3v) is 6.99. The number of hydrogen-bond donors (Lipinski definition) is 1. The van der Waals surface area contributed by atoms with Gasteiger partial charge in [0.15, 0.2) is 11.5 Å². The van der Waals surface area contributed by atoms with E-state index in [9.17, 15) is 0 Å². The van der Waals surface area contributed by atoms with Gasteiger partial charge in [0.2, 0.25) is 0 Å². The minimum absolute atomic E-state index is 0.289. The van der Waals surface area contributed by atoms with Gasteiger partial charge in [-0.1, -0.05) is 33.3 Å². The summed E-state index contributed by atoms with van der Waals surface area (Å²) in [6.07, 6.45) is 8.89. The van der Waals surface area contributed by atoms with Crippen molar-refractivity contribution in [3.63, 3.8) is 0 Å². The van der Waals surface area contributed by atoms with Gasteiger partial charge in [-0.2, -0.15) is 4.98 Å². The SMILES string of the molecule is CCCCOc1nc(N)c2ncc(Cc3cnc(N4CCC(CN(CC)CC)CC4)c(C)c3)n2n1. The monoisotopic (exact) mass is 480 g/mol. The minimum atomic E-state index is 0.289. The molecule has 9 heteroatoms. The summed E-state index contributed by atoms with van der Waals surface area (Å²) in [5.74, 6) is 2.21. The molecule has 0 spiro atoms. The van der Waals surface area contributed by atoms with Crippen LogP contribution in [0.25, 0.3) is 5.65 Å². The molecule has 0 radical (unpaired) electrons. The molecule has 4 heterocycles. The number of nitrogen functional groups attached to an aromatic ring is 1. The van der Waals surface area contributed by atoms with Crippen LogP contribution in [0.4, 0.5) is 11.6 Å². The molecule has 0 bridgehead atoms. The fraction of sp³-hybridized carbons (Fsp3) is 0.615. The van der Waals surface area contributed by atoms with Crippen molar-refractivity contribution in [2.45, 2.75) is 59.8 Å². The van der Waals surface area contributed by atoms with Crippen LogP contribution in [0.1, 0.15) is 63.3 Å². The van der Waals surface area contributed by atoms with E-state index in [2.05, 4.69) is 58.6 Å². The number of piperidine rings is 1. The molecule has 0 amide bonds. The van der Waals surface area contributed by atoms with Crippen molar-refractivity contribution in [2.24, 2.45) is 5.92 Å². The van der Waals surface area contributed by atoms with Crippen molar-refractivity contribution in [2.75, 3.05) is 50.0 Å². The number of hydrogen-bond acceptors (Lipinski definition) is 8. The third kappa shape index (κ3) is 6.01. The van der Waals surface area contributed by atoms with Gasteiger partial charge >= 0.3 is 6.01 Å². The number of rotatable bonds is 11. The summed E-state index contributed by atoms with van der Waals surface area (Å²) in [5.41, 5.74) is 9.92. The summed E-state index contributed by atoms with van der Waals surface area (Å²) in [7, 11) is 0. The summed E-state index contributed by atoms with van der Waals surface area (Å²) in [6, 6.07) is 2.52. The molecule has 35 heavy (non-hydrogen) atoms. The second kappa shape index (κ2) is 11.7. The van der Waals surface area contributed by atoms with Gasteiger partial charge < -0.3 is 20.3 Å². The molecule has 0 saturated carbocycles.